The van der Waals surface area contributed by atoms with Gasteiger partial charge in [0.2, 0.25) is 0 Å². The Bertz CT molecular complexity index is 427. The lowest BCUT2D eigenvalue weighted by atomic mass is 9.90. The highest BCUT2D eigenvalue weighted by Gasteiger charge is 2.38. The van der Waals surface area contributed by atoms with Gasteiger partial charge in [-0.2, -0.15) is 5.10 Å². The largest absolute Gasteiger partial charge is 0.281 e. The van der Waals surface area contributed by atoms with Crippen LogP contribution in [0, 0.1) is 17.8 Å². The van der Waals surface area contributed by atoms with Gasteiger partial charge >= 0.3 is 0 Å². The van der Waals surface area contributed by atoms with Crippen LogP contribution >= 0.6 is 11.3 Å². The summed E-state index contributed by atoms with van der Waals surface area (Å²) in [7, 11) is 0. The molecule has 2 fully saturated rings. The molecule has 0 radical (unpaired) electrons. The van der Waals surface area contributed by atoms with Crippen molar-refractivity contribution in [3.05, 3.63) is 22.4 Å². The fourth-order valence-electron chi connectivity index (χ4n) is 3.13. The number of nitrogens with one attached hydrogen (secondary N) is 1. The lowest BCUT2D eigenvalue weighted by Crippen LogP contribution is -2.19. The summed E-state index contributed by atoms with van der Waals surface area (Å²) < 4.78 is 0. The topological polar surface area (TPSA) is 41.5 Å². The Hall–Kier alpha value is -1.16. The molecular formula is C13H16N2OS. The van der Waals surface area contributed by atoms with E-state index in [9.17, 15) is 4.79 Å². The van der Waals surface area contributed by atoms with Crippen LogP contribution in [0.15, 0.2) is 22.6 Å². The van der Waals surface area contributed by atoms with Gasteiger partial charge in [0.15, 0.2) is 0 Å². The van der Waals surface area contributed by atoms with Crippen molar-refractivity contribution in [1.29, 1.82) is 0 Å². The number of thiophene rings is 1. The Morgan fingerprint density at radius 3 is 3.06 bits per heavy atom. The average Bonchev–Trinajstić information content (AvgIpc) is 3.06. The third kappa shape index (κ3) is 2.27. The molecule has 1 aromatic heterocycles. The van der Waals surface area contributed by atoms with Crippen LogP contribution in [0.3, 0.4) is 0 Å². The van der Waals surface area contributed by atoms with Gasteiger partial charge in [0, 0.05) is 6.21 Å². The molecule has 90 valence electrons. The van der Waals surface area contributed by atoms with Crippen LogP contribution in [0.2, 0.25) is 0 Å². The van der Waals surface area contributed by atoms with E-state index in [2.05, 4.69) is 10.5 Å². The number of carbonyl (C=O) groups is 1. The zero-order valence-electron chi connectivity index (χ0n) is 9.63. The first-order valence-electron chi connectivity index (χ1n) is 6.20. The third-order valence-corrected chi connectivity index (χ3v) is 4.84. The lowest BCUT2D eigenvalue weighted by Gasteiger charge is -2.16. The van der Waals surface area contributed by atoms with Crippen molar-refractivity contribution in [3.8, 4) is 0 Å². The van der Waals surface area contributed by atoms with Crippen LogP contribution in [0.4, 0.5) is 0 Å². The van der Waals surface area contributed by atoms with E-state index in [-0.39, 0.29) is 5.91 Å². The van der Waals surface area contributed by atoms with E-state index in [1.165, 1.54) is 37.0 Å². The first-order chi connectivity index (χ1) is 8.33. The number of amides is 1. The Morgan fingerprint density at radius 1 is 1.47 bits per heavy atom. The molecule has 3 unspecified atom stereocenters. The highest BCUT2D eigenvalue weighted by molar-refractivity contribution is 7.12. The third-order valence-electron chi connectivity index (χ3n) is 3.97. The predicted octanol–water partition coefficient (Wildman–Crippen LogP) is 2.90. The van der Waals surface area contributed by atoms with Crippen molar-refractivity contribution in [2.75, 3.05) is 0 Å². The van der Waals surface area contributed by atoms with Gasteiger partial charge in [0.1, 0.15) is 0 Å². The number of fused-ring (bicyclic) bond motifs is 2. The number of hydrazone groups is 1. The maximum Gasteiger partial charge on any atom is 0.281 e. The van der Waals surface area contributed by atoms with Gasteiger partial charge in [0.05, 0.1) is 4.88 Å². The zero-order chi connectivity index (χ0) is 11.7. The minimum Gasteiger partial charge on any atom is -0.266 e. The molecule has 0 saturated heterocycles. The Morgan fingerprint density at radius 2 is 2.41 bits per heavy atom. The van der Waals surface area contributed by atoms with Gasteiger partial charge in [-0.1, -0.05) is 12.5 Å². The number of nitrogens with zero attached hydrogens (tertiary/aromatic N) is 1. The molecule has 2 aliphatic carbocycles. The Kier molecular flexibility index (Phi) is 2.97. The van der Waals surface area contributed by atoms with Crippen LogP contribution in [0.25, 0.3) is 0 Å². The van der Waals surface area contributed by atoms with E-state index < -0.39 is 0 Å². The molecule has 3 atom stereocenters. The van der Waals surface area contributed by atoms with Crippen molar-refractivity contribution in [2.45, 2.75) is 25.7 Å². The zero-order valence-corrected chi connectivity index (χ0v) is 10.5. The normalized spacial score (nSPS) is 31.2. The SMILES string of the molecule is O=C(NN=CC1CC2CCC1C2)c1cccs1. The first kappa shape index (κ1) is 11.0. The molecule has 2 saturated carbocycles. The summed E-state index contributed by atoms with van der Waals surface area (Å²) >= 11 is 1.44. The molecule has 1 aromatic rings. The molecule has 0 aromatic carbocycles. The maximum atomic E-state index is 11.6. The van der Waals surface area contributed by atoms with Gasteiger partial charge < -0.3 is 0 Å². The standard InChI is InChI=1S/C13H16N2OS/c16-13(12-2-1-5-17-12)15-14-8-11-7-9-3-4-10(11)6-9/h1-2,5,8-11H,3-4,6-7H2,(H,15,16). The quantitative estimate of drug-likeness (QED) is 0.648. The van der Waals surface area contributed by atoms with Crippen LogP contribution in [-0.2, 0) is 0 Å². The summed E-state index contributed by atoms with van der Waals surface area (Å²) in [5, 5.41) is 6.01. The smallest absolute Gasteiger partial charge is 0.266 e. The number of hydrogen-bond acceptors (Lipinski definition) is 3. The van der Waals surface area contributed by atoms with Crippen molar-refractivity contribution in [3.63, 3.8) is 0 Å². The summed E-state index contributed by atoms with van der Waals surface area (Å²) in [4.78, 5) is 12.3. The molecule has 2 aliphatic rings. The van der Waals surface area contributed by atoms with E-state index in [0.29, 0.717) is 5.92 Å². The molecule has 1 heterocycles. The number of rotatable bonds is 3. The summed E-state index contributed by atoms with van der Waals surface area (Å²) in [6.07, 6.45) is 7.34. The fraction of sp³-hybridized carbons (Fsp3) is 0.538. The summed E-state index contributed by atoms with van der Waals surface area (Å²) in [5.74, 6) is 2.24. The summed E-state index contributed by atoms with van der Waals surface area (Å²) in [6.45, 7) is 0. The van der Waals surface area contributed by atoms with Crippen LogP contribution < -0.4 is 5.43 Å². The molecule has 0 spiro atoms. The molecule has 1 N–H and O–H groups in total. The van der Waals surface area contributed by atoms with Crippen molar-refractivity contribution >= 4 is 23.5 Å². The van der Waals surface area contributed by atoms with Crippen LogP contribution in [-0.4, -0.2) is 12.1 Å². The van der Waals surface area contributed by atoms with E-state index in [0.717, 1.165) is 16.7 Å². The second-order valence-electron chi connectivity index (χ2n) is 5.04. The lowest BCUT2D eigenvalue weighted by molar-refractivity contribution is 0.0959. The fourth-order valence-corrected chi connectivity index (χ4v) is 3.74. The van der Waals surface area contributed by atoms with Crippen LogP contribution in [0.5, 0.6) is 0 Å². The monoisotopic (exact) mass is 248 g/mol. The van der Waals surface area contributed by atoms with Crippen molar-refractivity contribution in [2.24, 2.45) is 22.9 Å². The minimum atomic E-state index is -0.0978. The molecule has 3 nitrogen and oxygen atoms in total. The van der Waals surface area contributed by atoms with Crippen molar-refractivity contribution < 1.29 is 4.79 Å². The second kappa shape index (κ2) is 4.61. The van der Waals surface area contributed by atoms with Crippen LogP contribution in [0.1, 0.15) is 35.4 Å². The van der Waals surface area contributed by atoms with Gasteiger partial charge in [-0.05, 0) is 48.5 Å². The van der Waals surface area contributed by atoms with Gasteiger partial charge in [-0.25, -0.2) is 5.43 Å². The maximum absolute atomic E-state index is 11.6. The first-order valence-corrected chi connectivity index (χ1v) is 7.08. The number of hydrogen-bond donors (Lipinski definition) is 1. The van der Waals surface area contributed by atoms with Gasteiger partial charge in [-0.3, -0.25) is 4.79 Å². The highest BCUT2D eigenvalue weighted by Crippen LogP contribution is 2.47. The van der Waals surface area contributed by atoms with E-state index in [1.807, 2.05) is 23.7 Å². The molecule has 1 amide bonds. The minimum absolute atomic E-state index is 0.0978. The van der Waals surface area contributed by atoms with E-state index in [4.69, 9.17) is 0 Å². The molecule has 2 bridgehead atoms. The highest BCUT2D eigenvalue weighted by atomic mass is 32.1. The summed E-state index contributed by atoms with van der Waals surface area (Å²) in [6, 6.07) is 3.69. The van der Waals surface area contributed by atoms with Crippen molar-refractivity contribution in [1.82, 2.24) is 5.43 Å². The molecule has 17 heavy (non-hydrogen) atoms. The predicted molar refractivity (Wildman–Crippen MR) is 69.2 cm³/mol. The number of carbonyl (C=O) groups excluding carboxylic acids is 1. The summed E-state index contributed by atoms with van der Waals surface area (Å²) in [5.41, 5.74) is 2.61. The van der Waals surface area contributed by atoms with Gasteiger partial charge in [0.25, 0.3) is 5.91 Å². The van der Waals surface area contributed by atoms with E-state index in [1.54, 1.807) is 0 Å². The average molecular weight is 248 g/mol. The Balaban J connectivity index is 1.53. The van der Waals surface area contributed by atoms with Gasteiger partial charge in [-0.15, -0.1) is 11.3 Å². The Labute approximate surface area is 105 Å². The molecule has 0 aliphatic heterocycles. The molecular weight excluding hydrogens is 232 g/mol. The molecule has 3 rings (SSSR count). The van der Waals surface area contributed by atoms with E-state index >= 15 is 0 Å². The molecule has 4 heteroatoms. The second-order valence-corrected chi connectivity index (χ2v) is 5.98.